The first-order valence-electron chi connectivity index (χ1n) is 6.56. The van der Waals surface area contributed by atoms with Crippen molar-refractivity contribution in [2.45, 2.75) is 11.8 Å². The first-order chi connectivity index (χ1) is 10.8. The summed E-state index contributed by atoms with van der Waals surface area (Å²) in [6.45, 7) is 1.67. The number of rotatable bonds is 2. The lowest BCUT2D eigenvalue weighted by Crippen LogP contribution is -2.04. The SMILES string of the molecule is Cc1occc1S(C)(=O)=NC(=O)c1cc2cc(Cl)c(Cl)cc2[nH]1. The molecule has 1 atom stereocenters. The molecule has 8 heteroatoms. The number of benzene rings is 1. The topological polar surface area (TPSA) is 75.4 Å². The highest BCUT2D eigenvalue weighted by atomic mass is 35.5. The number of nitrogens with one attached hydrogen (secondary N) is 1. The lowest BCUT2D eigenvalue weighted by molar-refractivity contribution is 0.100. The van der Waals surface area contributed by atoms with Crippen molar-refractivity contribution >= 4 is 49.7 Å². The van der Waals surface area contributed by atoms with Crippen LogP contribution in [0, 0.1) is 6.92 Å². The third kappa shape index (κ3) is 3.02. The van der Waals surface area contributed by atoms with Crippen LogP contribution in [0.15, 0.2) is 44.2 Å². The van der Waals surface area contributed by atoms with Gasteiger partial charge in [-0.05, 0) is 31.2 Å². The number of amides is 1. The van der Waals surface area contributed by atoms with Gasteiger partial charge in [-0.3, -0.25) is 4.79 Å². The van der Waals surface area contributed by atoms with Crippen LogP contribution in [-0.4, -0.2) is 21.4 Å². The summed E-state index contributed by atoms with van der Waals surface area (Å²) in [5, 5.41) is 1.49. The molecule has 0 fully saturated rings. The Morgan fingerprint density at radius 1 is 1.26 bits per heavy atom. The van der Waals surface area contributed by atoms with E-state index in [9.17, 15) is 9.00 Å². The van der Waals surface area contributed by atoms with E-state index in [-0.39, 0.29) is 5.69 Å². The van der Waals surface area contributed by atoms with Crippen LogP contribution >= 0.6 is 23.2 Å². The van der Waals surface area contributed by atoms with Gasteiger partial charge in [-0.1, -0.05) is 23.2 Å². The molecular weight excluding hydrogens is 359 g/mol. The Hall–Kier alpha value is -1.76. The maximum Gasteiger partial charge on any atom is 0.301 e. The summed E-state index contributed by atoms with van der Waals surface area (Å²) >= 11 is 11.9. The van der Waals surface area contributed by atoms with E-state index in [2.05, 4.69) is 9.35 Å². The van der Waals surface area contributed by atoms with Crippen molar-refractivity contribution < 1.29 is 13.4 Å². The standard InChI is InChI=1S/C15H12Cl2N2O3S/c1-8-14(3-4-22-8)23(2,21)19-15(20)13-6-9-5-10(16)11(17)7-12(9)18-13/h3-7,18H,1-2H3. The Kier molecular flexibility index (Phi) is 4.00. The van der Waals surface area contributed by atoms with E-state index in [4.69, 9.17) is 27.6 Å². The molecule has 1 N–H and O–H groups in total. The summed E-state index contributed by atoms with van der Waals surface area (Å²) in [7, 11) is -2.89. The number of aromatic nitrogens is 1. The van der Waals surface area contributed by atoms with Gasteiger partial charge in [-0.25, -0.2) is 4.21 Å². The number of hydrogen-bond acceptors (Lipinski definition) is 3. The van der Waals surface area contributed by atoms with Crippen LogP contribution in [-0.2, 0) is 9.73 Å². The highest BCUT2D eigenvalue weighted by molar-refractivity contribution is 7.93. The molecule has 0 spiro atoms. The van der Waals surface area contributed by atoms with E-state index in [1.54, 1.807) is 31.2 Å². The molecule has 0 aliphatic rings. The number of hydrogen-bond donors (Lipinski definition) is 1. The van der Waals surface area contributed by atoms with Crippen LogP contribution in [0.25, 0.3) is 10.9 Å². The van der Waals surface area contributed by atoms with Crippen molar-refractivity contribution in [1.29, 1.82) is 0 Å². The molecule has 0 saturated heterocycles. The van der Waals surface area contributed by atoms with Crippen molar-refractivity contribution in [2.75, 3.05) is 6.26 Å². The zero-order valence-corrected chi connectivity index (χ0v) is 14.6. The molecule has 1 unspecified atom stereocenters. The maximum absolute atomic E-state index is 12.7. The van der Waals surface area contributed by atoms with Crippen LogP contribution in [0.5, 0.6) is 0 Å². The van der Waals surface area contributed by atoms with Gasteiger partial charge >= 0.3 is 5.91 Å². The van der Waals surface area contributed by atoms with Gasteiger partial charge in [0.15, 0.2) is 0 Å². The molecule has 1 aromatic carbocycles. The van der Waals surface area contributed by atoms with E-state index in [1.807, 2.05) is 0 Å². The van der Waals surface area contributed by atoms with Crippen molar-refractivity contribution in [2.24, 2.45) is 4.36 Å². The summed E-state index contributed by atoms with van der Waals surface area (Å²) in [5.41, 5.74) is 0.870. The molecule has 0 saturated carbocycles. The number of fused-ring (bicyclic) bond motifs is 1. The van der Waals surface area contributed by atoms with Crippen molar-refractivity contribution in [3.63, 3.8) is 0 Å². The zero-order valence-electron chi connectivity index (χ0n) is 12.2. The van der Waals surface area contributed by atoms with Gasteiger partial charge in [0.1, 0.15) is 11.5 Å². The fraction of sp³-hybridized carbons (Fsp3) is 0.133. The Morgan fingerprint density at radius 3 is 2.61 bits per heavy atom. The van der Waals surface area contributed by atoms with E-state index in [0.29, 0.717) is 26.2 Å². The van der Waals surface area contributed by atoms with Gasteiger partial charge in [0.25, 0.3) is 0 Å². The van der Waals surface area contributed by atoms with Gasteiger partial charge in [0, 0.05) is 17.2 Å². The molecule has 2 heterocycles. The maximum atomic E-state index is 12.7. The van der Waals surface area contributed by atoms with Crippen molar-refractivity contribution in [3.05, 3.63) is 52.0 Å². The summed E-state index contributed by atoms with van der Waals surface area (Å²) in [6, 6.07) is 6.43. The predicted molar refractivity (Wildman–Crippen MR) is 90.9 cm³/mol. The number of aryl methyl sites for hydroxylation is 1. The molecule has 5 nitrogen and oxygen atoms in total. The van der Waals surface area contributed by atoms with Crippen molar-refractivity contribution in [3.8, 4) is 0 Å². The monoisotopic (exact) mass is 370 g/mol. The average molecular weight is 371 g/mol. The summed E-state index contributed by atoms with van der Waals surface area (Å²) < 4.78 is 21.7. The molecule has 23 heavy (non-hydrogen) atoms. The largest absolute Gasteiger partial charge is 0.468 e. The van der Waals surface area contributed by atoms with E-state index >= 15 is 0 Å². The number of aromatic amines is 1. The number of carbonyl (C=O) groups excluding carboxylic acids is 1. The Bertz CT molecular complexity index is 1000. The highest BCUT2D eigenvalue weighted by Gasteiger charge is 2.17. The molecular formula is C15H12Cl2N2O3S. The fourth-order valence-corrected chi connectivity index (χ4v) is 4.00. The van der Waals surface area contributed by atoms with Crippen LogP contribution in [0.3, 0.4) is 0 Å². The minimum Gasteiger partial charge on any atom is -0.468 e. The lowest BCUT2D eigenvalue weighted by Gasteiger charge is -2.01. The van der Waals surface area contributed by atoms with Crippen LogP contribution in [0.1, 0.15) is 16.2 Å². The van der Waals surface area contributed by atoms with Crippen LogP contribution < -0.4 is 0 Å². The zero-order chi connectivity index (χ0) is 16.8. The Balaban J connectivity index is 2.05. The second-order valence-electron chi connectivity index (χ2n) is 5.08. The molecule has 0 aliphatic carbocycles. The predicted octanol–water partition coefficient (Wildman–Crippen LogP) is 4.67. The first-order valence-corrected chi connectivity index (χ1v) is 9.24. The van der Waals surface area contributed by atoms with E-state index < -0.39 is 15.6 Å². The second kappa shape index (κ2) is 5.70. The quantitative estimate of drug-likeness (QED) is 0.711. The minimum atomic E-state index is -2.89. The Morgan fingerprint density at radius 2 is 1.96 bits per heavy atom. The van der Waals surface area contributed by atoms with Gasteiger partial charge in [-0.15, -0.1) is 0 Å². The van der Waals surface area contributed by atoms with E-state index in [0.717, 1.165) is 5.39 Å². The number of halogens is 2. The molecule has 2 aromatic heterocycles. The second-order valence-corrected chi connectivity index (χ2v) is 8.12. The molecule has 0 aliphatic heterocycles. The normalized spacial score (nSPS) is 13.9. The van der Waals surface area contributed by atoms with Gasteiger partial charge in [0.05, 0.1) is 30.9 Å². The highest BCUT2D eigenvalue weighted by Crippen LogP contribution is 2.28. The third-order valence-electron chi connectivity index (χ3n) is 3.37. The molecule has 120 valence electrons. The molecule has 3 rings (SSSR count). The average Bonchev–Trinajstić information content (AvgIpc) is 3.05. The van der Waals surface area contributed by atoms with Gasteiger partial charge in [-0.2, -0.15) is 4.36 Å². The molecule has 1 amide bonds. The molecule has 0 bridgehead atoms. The third-order valence-corrected chi connectivity index (χ3v) is 5.84. The van der Waals surface area contributed by atoms with Crippen LogP contribution in [0.2, 0.25) is 10.0 Å². The summed E-state index contributed by atoms with van der Waals surface area (Å²) in [4.78, 5) is 15.7. The molecule has 0 radical (unpaired) electrons. The molecule has 3 aromatic rings. The minimum absolute atomic E-state index is 0.217. The Labute approximate surface area is 142 Å². The first kappa shape index (κ1) is 16.1. The fourth-order valence-electron chi connectivity index (χ4n) is 2.26. The summed E-state index contributed by atoms with van der Waals surface area (Å²) in [5.74, 6) is -0.134. The number of H-pyrrole nitrogens is 1. The number of nitrogens with zero attached hydrogens (tertiary/aromatic N) is 1. The van der Waals surface area contributed by atoms with Crippen molar-refractivity contribution in [1.82, 2.24) is 4.98 Å². The lowest BCUT2D eigenvalue weighted by atomic mass is 10.2. The van der Waals surface area contributed by atoms with Gasteiger partial charge < -0.3 is 9.40 Å². The van der Waals surface area contributed by atoms with Gasteiger partial charge in [0.2, 0.25) is 0 Å². The van der Waals surface area contributed by atoms with Crippen LogP contribution in [0.4, 0.5) is 0 Å². The number of furan rings is 1. The van der Waals surface area contributed by atoms with E-state index in [1.165, 1.54) is 12.5 Å². The summed E-state index contributed by atoms with van der Waals surface area (Å²) in [6.07, 6.45) is 2.82. The number of carbonyl (C=O) groups is 1. The smallest absolute Gasteiger partial charge is 0.301 e.